The van der Waals surface area contributed by atoms with Gasteiger partial charge < -0.3 is 0 Å². The zero-order valence-electron chi connectivity index (χ0n) is 12.4. The minimum Gasteiger partial charge on any atom is -0.287 e. The highest BCUT2D eigenvalue weighted by molar-refractivity contribution is 7.14. The van der Waals surface area contributed by atoms with Crippen LogP contribution in [-0.2, 0) is 12.8 Å². The van der Waals surface area contributed by atoms with Crippen LogP contribution < -0.4 is 5.32 Å². The highest BCUT2D eigenvalue weighted by Crippen LogP contribution is 2.40. The number of hydrogen-bond donors (Lipinski definition) is 2. The molecule has 0 saturated heterocycles. The third kappa shape index (κ3) is 2.97. The van der Waals surface area contributed by atoms with Gasteiger partial charge in [-0.3, -0.25) is 10.1 Å². The summed E-state index contributed by atoms with van der Waals surface area (Å²) in [5.74, 6) is 0.717. The third-order valence-electron chi connectivity index (χ3n) is 4.10. The summed E-state index contributed by atoms with van der Waals surface area (Å²) in [5, 5.41) is 15.9. The van der Waals surface area contributed by atoms with Crippen LogP contribution >= 0.6 is 11.3 Å². The molecule has 0 aromatic carbocycles. The van der Waals surface area contributed by atoms with Gasteiger partial charge in [0.15, 0.2) is 0 Å². The first-order valence-electron chi connectivity index (χ1n) is 7.10. The van der Waals surface area contributed by atoms with Crippen molar-refractivity contribution in [3.05, 3.63) is 21.4 Å². The molecular formula is C14H19N5OS. The topological polar surface area (TPSA) is 83.6 Å². The number of aromatic amines is 1. The van der Waals surface area contributed by atoms with E-state index in [0.29, 0.717) is 11.3 Å². The third-order valence-corrected chi connectivity index (χ3v) is 5.34. The van der Waals surface area contributed by atoms with E-state index in [4.69, 9.17) is 0 Å². The number of tetrazole rings is 1. The van der Waals surface area contributed by atoms with Gasteiger partial charge >= 0.3 is 0 Å². The molecule has 0 radical (unpaired) electrons. The maximum absolute atomic E-state index is 12.2. The quantitative estimate of drug-likeness (QED) is 0.893. The lowest BCUT2D eigenvalue weighted by Crippen LogP contribution is -2.26. The van der Waals surface area contributed by atoms with Crippen LogP contribution in [0.25, 0.3) is 0 Å². The Morgan fingerprint density at radius 1 is 1.48 bits per heavy atom. The van der Waals surface area contributed by atoms with Gasteiger partial charge in [-0.15, -0.1) is 16.4 Å². The second kappa shape index (κ2) is 5.22. The number of fused-ring (bicyclic) bond motifs is 1. The summed E-state index contributed by atoms with van der Waals surface area (Å²) < 4.78 is 0. The standard InChI is InChI=1S/C14H19N5OS/c1-14(2,3)9-4-5-10-8(6-9)7-11(21-10)12(20)15-13-16-18-19-17-13/h7,9H,4-6H2,1-3H3,(H2,15,16,17,18,19,20)/t9-/m1/s1. The Labute approximate surface area is 127 Å². The minimum atomic E-state index is -0.164. The number of nitrogens with one attached hydrogen (secondary N) is 2. The van der Waals surface area contributed by atoms with Crippen LogP contribution in [0.4, 0.5) is 5.95 Å². The number of aromatic nitrogens is 4. The van der Waals surface area contributed by atoms with Gasteiger partial charge in [0.1, 0.15) is 0 Å². The van der Waals surface area contributed by atoms with Crippen molar-refractivity contribution in [2.24, 2.45) is 11.3 Å². The van der Waals surface area contributed by atoms with Crippen LogP contribution in [0, 0.1) is 11.3 Å². The van der Waals surface area contributed by atoms with Gasteiger partial charge in [0.05, 0.1) is 4.88 Å². The molecule has 7 heteroatoms. The molecule has 1 aliphatic carbocycles. The molecule has 0 spiro atoms. The smallest absolute Gasteiger partial charge is 0.270 e. The van der Waals surface area contributed by atoms with Crippen molar-refractivity contribution in [3.8, 4) is 0 Å². The fourth-order valence-electron chi connectivity index (χ4n) is 2.75. The Kier molecular flexibility index (Phi) is 3.52. The summed E-state index contributed by atoms with van der Waals surface area (Å²) in [6.45, 7) is 6.87. The fraction of sp³-hybridized carbons (Fsp3) is 0.571. The van der Waals surface area contributed by atoms with Gasteiger partial charge in [0, 0.05) is 4.88 Å². The second-order valence-electron chi connectivity index (χ2n) is 6.55. The largest absolute Gasteiger partial charge is 0.287 e. The highest BCUT2D eigenvalue weighted by atomic mass is 32.1. The lowest BCUT2D eigenvalue weighted by atomic mass is 9.72. The zero-order chi connectivity index (χ0) is 15.0. The van der Waals surface area contributed by atoms with Gasteiger partial charge in [0.25, 0.3) is 11.9 Å². The molecule has 2 N–H and O–H groups in total. The van der Waals surface area contributed by atoms with Crippen molar-refractivity contribution < 1.29 is 4.79 Å². The lowest BCUT2D eigenvalue weighted by molar-refractivity contribution is 0.102. The Bertz CT molecular complexity index is 641. The molecule has 0 bridgehead atoms. The molecule has 1 atom stereocenters. The number of rotatable bonds is 2. The molecule has 2 heterocycles. The summed E-state index contributed by atoms with van der Waals surface area (Å²) in [5.41, 5.74) is 1.64. The van der Waals surface area contributed by atoms with E-state index < -0.39 is 0 Å². The summed E-state index contributed by atoms with van der Waals surface area (Å²) in [7, 11) is 0. The molecule has 0 unspecified atom stereocenters. The number of hydrogen-bond acceptors (Lipinski definition) is 5. The van der Waals surface area contributed by atoms with Crippen LogP contribution in [0.2, 0.25) is 0 Å². The van der Waals surface area contributed by atoms with Gasteiger partial charge in [-0.2, -0.15) is 5.21 Å². The van der Waals surface area contributed by atoms with Crippen LogP contribution in [0.3, 0.4) is 0 Å². The number of amides is 1. The molecule has 1 amide bonds. The van der Waals surface area contributed by atoms with Crippen LogP contribution in [0.1, 0.15) is 47.3 Å². The first kappa shape index (κ1) is 14.2. The molecule has 112 valence electrons. The number of nitrogens with zero attached hydrogens (tertiary/aromatic N) is 3. The van der Waals surface area contributed by atoms with E-state index in [9.17, 15) is 4.79 Å². The van der Waals surface area contributed by atoms with Crippen molar-refractivity contribution in [3.63, 3.8) is 0 Å². The predicted molar refractivity (Wildman–Crippen MR) is 81.4 cm³/mol. The van der Waals surface area contributed by atoms with Gasteiger partial charge in [-0.25, -0.2) is 0 Å². The van der Waals surface area contributed by atoms with Gasteiger partial charge in [0.2, 0.25) is 0 Å². The van der Waals surface area contributed by atoms with Crippen LogP contribution in [0.15, 0.2) is 6.07 Å². The van der Waals surface area contributed by atoms with E-state index >= 15 is 0 Å². The first-order chi connectivity index (χ1) is 9.93. The maximum atomic E-state index is 12.2. The second-order valence-corrected chi connectivity index (χ2v) is 7.69. The number of carbonyl (C=O) groups is 1. The van der Waals surface area contributed by atoms with E-state index in [-0.39, 0.29) is 11.9 Å². The summed E-state index contributed by atoms with van der Waals surface area (Å²) >= 11 is 1.58. The van der Waals surface area contributed by atoms with E-state index in [1.54, 1.807) is 11.3 Å². The number of carbonyl (C=O) groups excluding carboxylic acids is 1. The maximum Gasteiger partial charge on any atom is 0.270 e. The molecule has 6 nitrogen and oxygen atoms in total. The van der Waals surface area contributed by atoms with Crippen molar-refractivity contribution in [1.29, 1.82) is 0 Å². The van der Waals surface area contributed by atoms with Crippen LogP contribution in [-0.4, -0.2) is 26.5 Å². The lowest BCUT2D eigenvalue weighted by Gasteiger charge is -2.33. The molecule has 1 aliphatic rings. The number of aryl methyl sites for hydroxylation is 1. The van der Waals surface area contributed by atoms with E-state index in [2.05, 4.69) is 46.7 Å². The summed E-state index contributed by atoms with van der Waals surface area (Å²) in [6.07, 6.45) is 3.32. The normalized spacial score (nSPS) is 18.3. The number of thiophene rings is 1. The molecule has 3 rings (SSSR count). The molecule has 0 saturated carbocycles. The van der Waals surface area contributed by atoms with E-state index in [0.717, 1.165) is 17.7 Å². The predicted octanol–water partition coefficient (Wildman–Crippen LogP) is 2.66. The fourth-order valence-corrected chi connectivity index (χ4v) is 3.86. The highest BCUT2D eigenvalue weighted by Gasteiger charge is 2.30. The SMILES string of the molecule is CC(C)(C)[C@@H]1CCc2sc(C(=O)Nc3nn[nH]n3)cc2C1. The average molecular weight is 305 g/mol. The Hall–Kier alpha value is -1.76. The zero-order valence-corrected chi connectivity index (χ0v) is 13.3. The molecule has 21 heavy (non-hydrogen) atoms. The van der Waals surface area contributed by atoms with Gasteiger partial charge in [-0.1, -0.05) is 25.9 Å². The Morgan fingerprint density at radius 3 is 2.95 bits per heavy atom. The van der Waals surface area contributed by atoms with E-state index in [1.807, 2.05) is 6.07 Å². The Morgan fingerprint density at radius 2 is 2.29 bits per heavy atom. The van der Waals surface area contributed by atoms with Crippen molar-refractivity contribution in [1.82, 2.24) is 20.6 Å². The number of H-pyrrole nitrogens is 1. The molecule has 0 aliphatic heterocycles. The summed E-state index contributed by atoms with van der Waals surface area (Å²) in [4.78, 5) is 14.2. The summed E-state index contributed by atoms with van der Waals surface area (Å²) in [6, 6.07) is 2.02. The molecule has 0 fully saturated rings. The van der Waals surface area contributed by atoms with Crippen molar-refractivity contribution in [2.45, 2.75) is 40.0 Å². The average Bonchev–Trinajstić information content (AvgIpc) is 3.04. The van der Waals surface area contributed by atoms with Crippen molar-refractivity contribution in [2.75, 3.05) is 5.32 Å². The van der Waals surface area contributed by atoms with E-state index in [1.165, 1.54) is 16.9 Å². The molecule has 2 aromatic heterocycles. The Balaban J connectivity index is 1.76. The van der Waals surface area contributed by atoms with Crippen molar-refractivity contribution >= 4 is 23.2 Å². The molecule has 2 aromatic rings. The molecular weight excluding hydrogens is 286 g/mol. The number of anilines is 1. The van der Waals surface area contributed by atoms with Crippen LogP contribution in [0.5, 0.6) is 0 Å². The van der Waals surface area contributed by atoms with Gasteiger partial charge in [-0.05, 0) is 47.4 Å². The first-order valence-corrected chi connectivity index (χ1v) is 7.91. The minimum absolute atomic E-state index is 0.164. The monoisotopic (exact) mass is 305 g/mol.